The number of hydrogen-bond acceptors (Lipinski definition) is 3. The van der Waals surface area contributed by atoms with Crippen LogP contribution in [0.5, 0.6) is 0 Å². The maximum Gasteiger partial charge on any atom is 0.265 e. The van der Waals surface area contributed by atoms with E-state index in [0.717, 1.165) is 0 Å². The van der Waals surface area contributed by atoms with Crippen molar-refractivity contribution < 1.29 is 13.6 Å². The third-order valence-corrected chi connectivity index (χ3v) is 2.24. The molecule has 0 spiro atoms. The van der Waals surface area contributed by atoms with E-state index < -0.39 is 5.82 Å². The molecule has 5 heteroatoms. The fourth-order valence-corrected chi connectivity index (χ4v) is 1.33. The van der Waals surface area contributed by atoms with E-state index in [9.17, 15) is 9.18 Å². The van der Waals surface area contributed by atoms with Crippen LogP contribution in [-0.2, 0) is 0 Å². The van der Waals surface area contributed by atoms with E-state index in [4.69, 9.17) is 4.42 Å². The molecule has 1 heterocycles. The first-order valence-electron chi connectivity index (χ1n) is 3.86. The number of rotatable bonds is 2. The van der Waals surface area contributed by atoms with Crippen molar-refractivity contribution in [1.82, 2.24) is 4.98 Å². The van der Waals surface area contributed by atoms with Gasteiger partial charge in [-0.1, -0.05) is 22.0 Å². The molecule has 72 valence electrons. The molecule has 0 saturated heterocycles. The number of halogens is 2. The molecule has 0 N–H and O–H groups in total. The van der Waals surface area contributed by atoms with Gasteiger partial charge in [-0.2, -0.15) is 0 Å². The van der Waals surface area contributed by atoms with Gasteiger partial charge in [-0.25, -0.2) is 9.37 Å². The molecular formula is C9H5BrFNO2. The summed E-state index contributed by atoms with van der Waals surface area (Å²) in [5.74, 6) is -0.859. The summed E-state index contributed by atoms with van der Waals surface area (Å²) in [6.07, 6.45) is 0. The Kier molecular flexibility index (Phi) is 2.33. The maximum absolute atomic E-state index is 13.1. The lowest BCUT2D eigenvalue weighted by molar-refractivity contribution is 0.0989. The second-order valence-electron chi connectivity index (χ2n) is 2.66. The van der Waals surface area contributed by atoms with E-state index in [1.807, 2.05) is 0 Å². The number of benzene rings is 1. The van der Waals surface area contributed by atoms with Gasteiger partial charge in [-0.05, 0) is 12.1 Å². The summed E-state index contributed by atoms with van der Waals surface area (Å²) in [4.78, 5) is 14.9. The second kappa shape index (κ2) is 3.49. The minimum atomic E-state index is -0.486. The van der Waals surface area contributed by atoms with Crippen molar-refractivity contribution in [2.45, 2.75) is 0 Å². The third-order valence-electron chi connectivity index (χ3n) is 1.73. The molecule has 0 fully saturated rings. The van der Waals surface area contributed by atoms with E-state index in [2.05, 4.69) is 20.9 Å². The lowest BCUT2D eigenvalue weighted by Gasteiger charge is -1.85. The van der Waals surface area contributed by atoms with Gasteiger partial charge in [-0.15, -0.1) is 0 Å². The minimum Gasteiger partial charge on any atom is -0.434 e. The van der Waals surface area contributed by atoms with Crippen LogP contribution in [-0.4, -0.2) is 16.1 Å². The summed E-state index contributed by atoms with van der Waals surface area (Å²) in [6, 6.07) is 4.34. The maximum atomic E-state index is 13.1. The van der Waals surface area contributed by atoms with E-state index in [0.29, 0.717) is 0 Å². The molecule has 0 atom stereocenters. The van der Waals surface area contributed by atoms with Crippen LogP contribution in [0.25, 0.3) is 11.1 Å². The number of Topliss-reactive ketones (excluding diaryl/α,β-unsaturated/α-hetero) is 1. The molecule has 0 aliphatic heterocycles. The number of hydrogen-bond donors (Lipinski definition) is 0. The number of oxazole rings is 1. The highest BCUT2D eigenvalue weighted by Gasteiger charge is 2.14. The molecule has 14 heavy (non-hydrogen) atoms. The highest BCUT2D eigenvalue weighted by atomic mass is 79.9. The van der Waals surface area contributed by atoms with E-state index in [1.165, 1.54) is 12.1 Å². The number of para-hydroxylation sites is 1. The molecular weight excluding hydrogens is 253 g/mol. The Hall–Kier alpha value is -1.23. The van der Waals surface area contributed by atoms with Gasteiger partial charge in [0.25, 0.3) is 5.89 Å². The normalized spacial score (nSPS) is 10.7. The minimum absolute atomic E-state index is 0.0676. The number of carbonyl (C=O) groups excluding carboxylic acids is 1. The number of nitrogens with zero attached hydrogens (tertiary/aromatic N) is 1. The molecule has 0 aliphatic rings. The van der Waals surface area contributed by atoms with Crippen LogP contribution in [0, 0.1) is 5.82 Å². The average molecular weight is 258 g/mol. The second-order valence-corrected chi connectivity index (χ2v) is 3.22. The lowest BCUT2D eigenvalue weighted by Crippen LogP contribution is -1.99. The van der Waals surface area contributed by atoms with Crippen LogP contribution in [0.1, 0.15) is 10.7 Å². The molecule has 0 radical (unpaired) electrons. The Balaban J connectivity index is 2.62. The summed E-state index contributed by atoms with van der Waals surface area (Å²) < 4.78 is 18.2. The first kappa shape index (κ1) is 9.33. The monoisotopic (exact) mass is 257 g/mol. The zero-order valence-corrected chi connectivity index (χ0v) is 8.54. The molecule has 0 saturated carbocycles. The van der Waals surface area contributed by atoms with Crippen molar-refractivity contribution in [3.8, 4) is 0 Å². The highest BCUT2D eigenvalue weighted by molar-refractivity contribution is 9.09. The number of carbonyl (C=O) groups is 1. The predicted octanol–water partition coefficient (Wildman–Crippen LogP) is 2.54. The van der Waals surface area contributed by atoms with Gasteiger partial charge in [0.05, 0.1) is 5.33 Å². The Labute approximate surface area is 87.1 Å². The summed E-state index contributed by atoms with van der Waals surface area (Å²) >= 11 is 2.98. The van der Waals surface area contributed by atoms with Crippen LogP contribution >= 0.6 is 15.9 Å². The first-order valence-corrected chi connectivity index (χ1v) is 4.98. The largest absolute Gasteiger partial charge is 0.434 e. The standard InChI is InChI=1S/C9H5BrFNO2/c10-4-6(13)9-12-8-5(11)2-1-3-7(8)14-9/h1-3H,4H2. The van der Waals surface area contributed by atoms with Crippen molar-refractivity contribution in [3.05, 3.63) is 29.9 Å². The molecule has 2 rings (SSSR count). The molecule has 0 unspecified atom stereocenters. The van der Waals surface area contributed by atoms with Gasteiger partial charge < -0.3 is 4.42 Å². The number of fused-ring (bicyclic) bond motifs is 1. The molecule has 2 aromatic rings. The Morgan fingerprint density at radius 1 is 1.57 bits per heavy atom. The van der Waals surface area contributed by atoms with Crippen molar-refractivity contribution in [2.75, 3.05) is 5.33 Å². The molecule has 1 aromatic carbocycles. The summed E-state index contributed by atoms with van der Waals surface area (Å²) in [5, 5.41) is 0.113. The van der Waals surface area contributed by atoms with Crippen molar-refractivity contribution in [2.24, 2.45) is 0 Å². The number of alkyl halides is 1. The molecule has 0 aliphatic carbocycles. The lowest BCUT2D eigenvalue weighted by atomic mass is 10.3. The summed E-state index contributed by atoms with van der Waals surface area (Å²) in [5.41, 5.74) is 0.381. The van der Waals surface area contributed by atoms with Gasteiger partial charge in [0, 0.05) is 0 Å². The van der Waals surface area contributed by atoms with Crippen LogP contribution in [0.4, 0.5) is 4.39 Å². The van der Waals surface area contributed by atoms with Gasteiger partial charge in [-0.3, -0.25) is 4.79 Å². The van der Waals surface area contributed by atoms with Crippen LogP contribution < -0.4 is 0 Å². The zero-order chi connectivity index (χ0) is 10.1. The van der Waals surface area contributed by atoms with Crippen LogP contribution in [0.15, 0.2) is 22.6 Å². The summed E-state index contributed by atoms with van der Waals surface area (Å²) in [6.45, 7) is 0. The van der Waals surface area contributed by atoms with Gasteiger partial charge in [0.2, 0.25) is 5.78 Å². The average Bonchev–Trinajstić information content (AvgIpc) is 2.62. The van der Waals surface area contributed by atoms with Crippen molar-refractivity contribution in [3.63, 3.8) is 0 Å². The Bertz CT molecular complexity index is 495. The summed E-state index contributed by atoms with van der Waals surface area (Å²) in [7, 11) is 0. The van der Waals surface area contributed by atoms with E-state index in [-0.39, 0.29) is 28.1 Å². The van der Waals surface area contributed by atoms with E-state index >= 15 is 0 Å². The molecule has 3 nitrogen and oxygen atoms in total. The number of ketones is 1. The molecule has 1 aromatic heterocycles. The Morgan fingerprint density at radius 3 is 3.00 bits per heavy atom. The van der Waals surface area contributed by atoms with Crippen molar-refractivity contribution >= 4 is 32.8 Å². The highest BCUT2D eigenvalue weighted by Crippen LogP contribution is 2.18. The van der Waals surface area contributed by atoms with Gasteiger partial charge >= 0.3 is 0 Å². The zero-order valence-electron chi connectivity index (χ0n) is 6.96. The van der Waals surface area contributed by atoms with Crippen molar-refractivity contribution in [1.29, 1.82) is 0 Å². The number of aromatic nitrogens is 1. The quantitative estimate of drug-likeness (QED) is 0.614. The first-order chi connectivity index (χ1) is 6.72. The topological polar surface area (TPSA) is 43.1 Å². The molecule has 0 bridgehead atoms. The van der Waals surface area contributed by atoms with Crippen LogP contribution in [0.2, 0.25) is 0 Å². The third kappa shape index (κ3) is 1.43. The fraction of sp³-hybridized carbons (Fsp3) is 0.111. The SMILES string of the molecule is O=C(CBr)c1nc2c(F)cccc2o1. The molecule has 0 amide bonds. The van der Waals surface area contributed by atoms with Gasteiger partial charge in [0.1, 0.15) is 5.52 Å². The smallest absolute Gasteiger partial charge is 0.265 e. The predicted molar refractivity (Wildman–Crippen MR) is 52.1 cm³/mol. The van der Waals surface area contributed by atoms with Crippen LogP contribution in [0.3, 0.4) is 0 Å². The Morgan fingerprint density at radius 2 is 2.36 bits per heavy atom. The fourth-order valence-electron chi connectivity index (χ4n) is 1.09. The van der Waals surface area contributed by atoms with Gasteiger partial charge in [0.15, 0.2) is 11.4 Å². The van der Waals surface area contributed by atoms with E-state index in [1.54, 1.807) is 6.07 Å².